The van der Waals surface area contributed by atoms with Crippen LogP contribution in [0.15, 0.2) is 0 Å². The molecule has 1 heterocycles. The number of ether oxygens (including phenoxy) is 1. The summed E-state index contributed by atoms with van der Waals surface area (Å²) in [5, 5.41) is 0. The van der Waals surface area contributed by atoms with E-state index in [-0.39, 0.29) is 5.60 Å². The highest BCUT2D eigenvalue weighted by Gasteiger charge is 2.49. The zero-order valence-electron chi connectivity index (χ0n) is 10.2. The molecule has 1 aliphatic heterocycles. The van der Waals surface area contributed by atoms with E-state index in [2.05, 4.69) is 13.8 Å². The standard InChI is InChI=1S/C13H21NO2/c1-13(2)8-14(3-4-16-13)12(15)11-6-9-5-10(9)7-11/h9-11H,3-8H2,1-2H3. The van der Waals surface area contributed by atoms with Gasteiger partial charge in [0.15, 0.2) is 0 Å². The van der Waals surface area contributed by atoms with E-state index in [0.29, 0.717) is 18.4 Å². The van der Waals surface area contributed by atoms with Crippen LogP contribution in [0.2, 0.25) is 0 Å². The van der Waals surface area contributed by atoms with E-state index in [1.807, 2.05) is 4.90 Å². The summed E-state index contributed by atoms with van der Waals surface area (Å²) in [4.78, 5) is 14.4. The first kappa shape index (κ1) is 10.6. The molecule has 0 bridgehead atoms. The van der Waals surface area contributed by atoms with Gasteiger partial charge in [0.1, 0.15) is 0 Å². The van der Waals surface area contributed by atoms with Gasteiger partial charge < -0.3 is 9.64 Å². The van der Waals surface area contributed by atoms with Crippen molar-refractivity contribution >= 4 is 5.91 Å². The third kappa shape index (κ3) is 1.86. The normalized spacial score (nSPS) is 40.6. The predicted octanol–water partition coefficient (Wildman–Crippen LogP) is 1.67. The Morgan fingerprint density at radius 3 is 2.56 bits per heavy atom. The van der Waals surface area contributed by atoms with E-state index in [1.54, 1.807) is 0 Å². The minimum Gasteiger partial charge on any atom is -0.372 e. The molecule has 3 aliphatic rings. The Labute approximate surface area is 97.1 Å². The van der Waals surface area contributed by atoms with Crippen molar-refractivity contribution in [3.8, 4) is 0 Å². The summed E-state index contributed by atoms with van der Waals surface area (Å²) in [5.74, 6) is 2.51. The van der Waals surface area contributed by atoms with Crippen LogP contribution < -0.4 is 0 Å². The lowest BCUT2D eigenvalue weighted by Crippen LogP contribution is -2.52. The highest BCUT2D eigenvalue weighted by atomic mass is 16.5. The van der Waals surface area contributed by atoms with Crippen LogP contribution in [-0.4, -0.2) is 36.1 Å². The van der Waals surface area contributed by atoms with Gasteiger partial charge in [0.05, 0.1) is 12.2 Å². The zero-order chi connectivity index (χ0) is 11.3. The van der Waals surface area contributed by atoms with Gasteiger partial charge in [-0.05, 0) is 44.9 Å². The lowest BCUT2D eigenvalue weighted by molar-refractivity contribution is -0.150. The Balaban J connectivity index is 1.61. The Morgan fingerprint density at radius 2 is 1.94 bits per heavy atom. The number of carbonyl (C=O) groups is 1. The van der Waals surface area contributed by atoms with Crippen LogP contribution in [-0.2, 0) is 9.53 Å². The van der Waals surface area contributed by atoms with Crippen molar-refractivity contribution in [3.05, 3.63) is 0 Å². The SMILES string of the molecule is CC1(C)CN(C(=O)C2CC3CC3C2)CCO1. The molecule has 1 saturated heterocycles. The average molecular weight is 223 g/mol. The fraction of sp³-hybridized carbons (Fsp3) is 0.923. The van der Waals surface area contributed by atoms with Crippen molar-refractivity contribution in [1.82, 2.24) is 4.90 Å². The van der Waals surface area contributed by atoms with Crippen LogP contribution >= 0.6 is 0 Å². The van der Waals surface area contributed by atoms with Gasteiger partial charge in [-0.2, -0.15) is 0 Å². The van der Waals surface area contributed by atoms with Crippen molar-refractivity contribution in [1.29, 1.82) is 0 Å². The molecular formula is C13H21NO2. The first-order valence-corrected chi connectivity index (χ1v) is 6.48. The molecule has 90 valence electrons. The molecule has 0 radical (unpaired) electrons. The topological polar surface area (TPSA) is 29.5 Å². The van der Waals surface area contributed by atoms with Crippen LogP contribution in [0.25, 0.3) is 0 Å². The second-order valence-corrected chi connectivity index (χ2v) is 6.29. The summed E-state index contributed by atoms with van der Waals surface area (Å²) in [6, 6.07) is 0. The predicted molar refractivity (Wildman–Crippen MR) is 60.9 cm³/mol. The van der Waals surface area contributed by atoms with Crippen molar-refractivity contribution in [3.63, 3.8) is 0 Å². The Bertz CT molecular complexity index is 303. The molecule has 0 aromatic rings. The third-order valence-corrected chi connectivity index (χ3v) is 4.33. The molecule has 0 aromatic carbocycles. The van der Waals surface area contributed by atoms with Gasteiger partial charge in [0.25, 0.3) is 0 Å². The van der Waals surface area contributed by atoms with Crippen molar-refractivity contribution in [2.24, 2.45) is 17.8 Å². The molecule has 0 aromatic heterocycles. The largest absolute Gasteiger partial charge is 0.372 e. The zero-order valence-corrected chi connectivity index (χ0v) is 10.2. The summed E-state index contributed by atoms with van der Waals surface area (Å²) < 4.78 is 5.64. The molecule has 1 amide bonds. The maximum Gasteiger partial charge on any atom is 0.225 e. The van der Waals surface area contributed by atoms with Gasteiger partial charge in [-0.15, -0.1) is 0 Å². The van der Waals surface area contributed by atoms with E-state index in [4.69, 9.17) is 4.74 Å². The highest BCUT2D eigenvalue weighted by molar-refractivity contribution is 5.79. The Kier molecular flexibility index (Phi) is 2.29. The molecule has 3 nitrogen and oxygen atoms in total. The van der Waals surface area contributed by atoms with Crippen LogP contribution in [0.3, 0.4) is 0 Å². The minimum absolute atomic E-state index is 0.157. The molecule has 3 fully saturated rings. The lowest BCUT2D eigenvalue weighted by Gasteiger charge is -2.39. The van der Waals surface area contributed by atoms with E-state index < -0.39 is 0 Å². The number of hydrogen-bond donors (Lipinski definition) is 0. The Morgan fingerprint density at radius 1 is 1.25 bits per heavy atom. The third-order valence-electron chi connectivity index (χ3n) is 4.33. The van der Waals surface area contributed by atoms with E-state index >= 15 is 0 Å². The molecule has 0 spiro atoms. The summed E-state index contributed by atoms with van der Waals surface area (Å²) in [5.41, 5.74) is -0.157. The van der Waals surface area contributed by atoms with Gasteiger partial charge >= 0.3 is 0 Å². The average Bonchev–Trinajstić information content (AvgIpc) is 2.83. The van der Waals surface area contributed by atoms with Gasteiger partial charge in [0, 0.05) is 19.0 Å². The highest BCUT2D eigenvalue weighted by Crippen LogP contribution is 2.54. The van der Waals surface area contributed by atoms with Crippen molar-refractivity contribution < 1.29 is 9.53 Å². The summed E-state index contributed by atoms with van der Waals surface area (Å²) >= 11 is 0. The lowest BCUT2D eigenvalue weighted by atomic mass is 9.99. The number of hydrogen-bond acceptors (Lipinski definition) is 2. The molecule has 2 aliphatic carbocycles. The Hall–Kier alpha value is -0.570. The first-order chi connectivity index (χ1) is 7.55. The molecule has 2 atom stereocenters. The molecule has 0 N–H and O–H groups in total. The summed E-state index contributed by atoms with van der Waals surface area (Å²) in [6.07, 6.45) is 3.70. The molecule has 2 unspecified atom stereocenters. The van der Waals surface area contributed by atoms with E-state index in [9.17, 15) is 4.79 Å². The second kappa shape index (κ2) is 3.46. The van der Waals surface area contributed by atoms with Gasteiger partial charge in [-0.25, -0.2) is 0 Å². The number of carbonyl (C=O) groups excluding carboxylic acids is 1. The minimum atomic E-state index is -0.157. The number of fused-ring (bicyclic) bond motifs is 1. The summed E-state index contributed by atoms with van der Waals surface area (Å²) in [6.45, 7) is 6.38. The molecular weight excluding hydrogens is 202 g/mol. The van der Waals surface area contributed by atoms with Gasteiger partial charge in [-0.1, -0.05) is 0 Å². The van der Waals surface area contributed by atoms with Crippen molar-refractivity contribution in [2.45, 2.75) is 38.7 Å². The number of nitrogens with zero attached hydrogens (tertiary/aromatic N) is 1. The van der Waals surface area contributed by atoms with E-state index in [0.717, 1.165) is 37.8 Å². The quantitative estimate of drug-likeness (QED) is 0.676. The van der Waals surface area contributed by atoms with Crippen LogP contribution in [0.5, 0.6) is 0 Å². The second-order valence-electron chi connectivity index (χ2n) is 6.29. The molecule has 16 heavy (non-hydrogen) atoms. The maximum atomic E-state index is 12.3. The maximum absolute atomic E-state index is 12.3. The fourth-order valence-electron chi connectivity index (χ4n) is 3.38. The number of morpholine rings is 1. The number of rotatable bonds is 1. The van der Waals surface area contributed by atoms with Gasteiger partial charge in [0.2, 0.25) is 5.91 Å². The molecule has 3 heteroatoms. The summed E-state index contributed by atoms with van der Waals surface area (Å²) in [7, 11) is 0. The van der Waals surface area contributed by atoms with E-state index in [1.165, 1.54) is 6.42 Å². The van der Waals surface area contributed by atoms with Crippen molar-refractivity contribution in [2.75, 3.05) is 19.7 Å². The monoisotopic (exact) mass is 223 g/mol. The van der Waals surface area contributed by atoms with Crippen LogP contribution in [0.1, 0.15) is 33.1 Å². The molecule has 3 rings (SSSR count). The first-order valence-electron chi connectivity index (χ1n) is 6.48. The fourth-order valence-corrected chi connectivity index (χ4v) is 3.38. The number of amides is 1. The smallest absolute Gasteiger partial charge is 0.225 e. The van der Waals surface area contributed by atoms with Crippen LogP contribution in [0, 0.1) is 17.8 Å². The molecule has 2 saturated carbocycles. The van der Waals surface area contributed by atoms with Crippen LogP contribution in [0.4, 0.5) is 0 Å². The van der Waals surface area contributed by atoms with Gasteiger partial charge in [-0.3, -0.25) is 4.79 Å².